The third-order valence-electron chi connectivity index (χ3n) is 3.79. The molecule has 0 saturated carbocycles. The molecule has 0 amide bonds. The van der Waals surface area contributed by atoms with Crippen LogP contribution in [0.2, 0.25) is 0 Å². The average molecular weight is 264 g/mol. The Kier molecular flexibility index (Phi) is 3.57. The van der Waals surface area contributed by atoms with Gasteiger partial charge >= 0.3 is 0 Å². The molecule has 1 heterocycles. The fourth-order valence-electron chi connectivity index (χ4n) is 2.69. The van der Waals surface area contributed by atoms with E-state index in [4.69, 9.17) is 5.73 Å². The molecule has 2 N–H and O–H groups in total. The quantitative estimate of drug-likeness (QED) is 0.768. The average Bonchev–Trinajstić information content (AvgIpc) is 2.86. The van der Waals surface area contributed by atoms with Crippen LogP contribution < -0.4 is 5.73 Å². The largest absolute Gasteiger partial charge is 0.343 e. The molecule has 0 aliphatic rings. The van der Waals surface area contributed by atoms with Gasteiger partial charge in [-0.05, 0) is 43.1 Å². The van der Waals surface area contributed by atoms with Gasteiger partial charge in [-0.2, -0.15) is 0 Å². The molecule has 0 aliphatic heterocycles. The maximum absolute atomic E-state index is 5.69. The number of hydrogen-bond acceptors (Lipinski definition) is 1. The van der Waals surface area contributed by atoms with Gasteiger partial charge in [-0.15, -0.1) is 0 Å². The van der Waals surface area contributed by atoms with Gasteiger partial charge in [0.05, 0.1) is 0 Å². The maximum Gasteiger partial charge on any atom is 0.0486 e. The fourth-order valence-corrected chi connectivity index (χ4v) is 2.69. The highest BCUT2D eigenvalue weighted by atomic mass is 14.9. The summed E-state index contributed by atoms with van der Waals surface area (Å²) < 4.78 is 2.31. The SMILES string of the molecule is Cc1ccc(Cn2ccc3c(CCN)cccc32)cc1. The highest BCUT2D eigenvalue weighted by molar-refractivity contribution is 5.83. The number of nitrogens with two attached hydrogens (primary N) is 1. The highest BCUT2D eigenvalue weighted by Gasteiger charge is 2.05. The fraction of sp³-hybridized carbons (Fsp3) is 0.222. The predicted molar refractivity (Wildman–Crippen MR) is 85.0 cm³/mol. The lowest BCUT2D eigenvalue weighted by Gasteiger charge is -2.07. The Labute approximate surface area is 119 Å². The second-order valence-corrected chi connectivity index (χ2v) is 5.32. The van der Waals surface area contributed by atoms with E-state index in [9.17, 15) is 0 Å². The molecule has 3 aromatic rings. The number of rotatable bonds is 4. The van der Waals surface area contributed by atoms with E-state index in [1.54, 1.807) is 0 Å². The van der Waals surface area contributed by atoms with Crippen molar-refractivity contribution in [3.8, 4) is 0 Å². The number of fused-ring (bicyclic) bond motifs is 1. The lowest BCUT2D eigenvalue weighted by Crippen LogP contribution is -2.03. The zero-order valence-corrected chi connectivity index (χ0v) is 11.8. The second kappa shape index (κ2) is 5.51. The number of aromatic nitrogens is 1. The zero-order valence-electron chi connectivity index (χ0n) is 11.8. The van der Waals surface area contributed by atoms with Gasteiger partial charge in [-0.1, -0.05) is 42.0 Å². The van der Waals surface area contributed by atoms with Crippen molar-refractivity contribution < 1.29 is 0 Å². The Morgan fingerprint density at radius 3 is 2.55 bits per heavy atom. The van der Waals surface area contributed by atoms with Gasteiger partial charge in [0.2, 0.25) is 0 Å². The summed E-state index contributed by atoms with van der Waals surface area (Å²) >= 11 is 0. The van der Waals surface area contributed by atoms with Gasteiger partial charge in [0, 0.05) is 23.6 Å². The van der Waals surface area contributed by atoms with Crippen LogP contribution in [0.4, 0.5) is 0 Å². The lowest BCUT2D eigenvalue weighted by molar-refractivity contribution is 0.836. The monoisotopic (exact) mass is 264 g/mol. The third kappa shape index (κ3) is 2.47. The summed E-state index contributed by atoms with van der Waals surface area (Å²) in [5.74, 6) is 0. The Morgan fingerprint density at radius 1 is 1.00 bits per heavy atom. The summed E-state index contributed by atoms with van der Waals surface area (Å²) in [6.45, 7) is 3.73. The van der Waals surface area contributed by atoms with Gasteiger partial charge < -0.3 is 10.3 Å². The summed E-state index contributed by atoms with van der Waals surface area (Å²) in [5.41, 5.74) is 11.0. The van der Waals surface area contributed by atoms with E-state index in [0.717, 1.165) is 13.0 Å². The summed E-state index contributed by atoms with van der Waals surface area (Å²) in [6, 6.07) is 17.4. The van der Waals surface area contributed by atoms with Crippen LogP contribution >= 0.6 is 0 Å². The van der Waals surface area contributed by atoms with Gasteiger partial charge in [-0.3, -0.25) is 0 Å². The molecule has 2 heteroatoms. The van der Waals surface area contributed by atoms with Crippen molar-refractivity contribution in [2.45, 2.75) is 19.9 Å². The first-order valence-electron chi connectivity index (χ1n) is 7.10. The van der Waals surface area contributed by atoms with Crippen molar-refractivity contribution >= 4 is 10.9 Å². The van der Waals surface area contributed by atoms with E-state index < -0.39 is 0 Å². The maximum atomic E-state index is 5.69. The number of benzene rings is 2. The van der Waals surface area contributed by atoms with E-state index in [1.165, 1.54) is 27.6 Å². The van der Waals surface area contributed by atoms with Crippen molar-refractivity contribution in [3.63, 3.8) is 0 Å². The minimum atomic E-state index is 0.697. The van der Waals surface area contributed by atoms with Gasteiger partial charge in [0.1, 0.15) is 0 Å². The van der Waals surface area contributed by atoms with Crippen LogP contribution in [0.15, 0.2) is 54.7 Å². The number of aryl methyl sites for hydroxylation is 1. The zero-order chi connectivity index (χ0) is 13.9. The van der Waals surface area contributed by atoms with E-state index in [1.807, 2.05) is 0 Å². The standard InChI is InChI=1S/C18H20N2/c1-14-5-7-15(8-6-14)13-20-12-10-17-16(9-11-19)3-2-4-18(17)20/h2-8,10,12H,9,11,13,19H2,1H3. The molecule has 20 heavy (non-hydrogen) atoms. The van der Waals surface area contributed by atoms with E-state index in [2.05, 4.69) is 66.2 Å². The van der Waals surface area contributed by atoms with Crippen molar-refractivity contribution in [1.29, 1.82) is 0 Å². The molecule has 0 aliphatic carbocycles. The molecule has 0 bridgehead atoms. The van der Waals surface area contributed by atoms with Gasteiger partial charge in [0.15, 0.2) is 0 Å². The number of nitrogens with zero attached hydrogens (tertiary/aromatic N) is 1. The van der Waals surface area contributed by atoms with Crippen molar-refractivity contribution in [1.82, 2.24) is 4.57 Å². The molecule has 0 atom stereocenters. The smallest absolute Gasteiger partial charge is 0.0486 e. The molecule has 102 valence electrons. The van der Waals surface area contributed by atoms with E-state index >= 15 is 0 Å². The van der Waals surface area contributed by atoms with Gasteiger partial charge in [0.25, 0.3) is 0 Å². The van der Waals surface area contributed by atoms with Crippen LogP contribution in [-0.4, -0.2) is 11.1 Å². The molecule has 0 radical (unpaired) electrons. The van der Waals surface area contributed by atoms with Crippen LogP contribution in [0.5, 0.6) is 0 Å². The van der Waals surface area contributed by atoms with E-state index in [-0.39, 0.29) is 0 Å². The molecule has 0 unspecified atom stereocenters. The molecule has 0 saturated heterocycles. The molecule has 3 rings (SSSR count). The second-order valence-electron chi connectivity index (χ2n) is 5.32. The minimum absolute atomic E-state index is 0.697. The Morgan fingerprint density at radius 2 is 1.80 bits per heavy atom. The molecular weight excluding hydrogens is 244 g/mol. The van der Waals surface area contributed by atoms with Crippen LogP contribution in [-0.2, 0) is 13.0 Å². The molecular formula is C18H20N2. The first-order chi connectivity index (χ1) is 9.78. The van der Waals surface area contributed by atoms with E-state index in [0.29, 0.717) is 6.54 Å². The van der Waals surface area contributed by atoms with Crippen LogP contribution in [0, 0.1) is 6.92 Å². The van der Waals surface area contributed by atoms with Crippen molar-refractivity contribution in [2.24, 2.45) is 5.73 Å². The predicted octanol–water partition coefficient (Wildman–Crippen LogP) is 3.50. The number of hydrogen-bond donors (Lipinski definition) is 1. The van der Waals surface area contributed by atoms with Gasteiger partial charge in [-0.25, -0.2) is 0 Å². The Bertz CT molecular complexity index is 708. The summed E-state index contributed by atoms with van der Waals surface area (Å²) in [7, 11) is 0. The normalized spacial score (nSPS) is 11.1. The van der Waals surface area contributed by atoms with Crippen LogP contribution in [0.25, 0.3) is 10.9 Å². The Hall–Kier alpha value is -2.06. The molecule has 0 fully saturated rings. The summed E-state index contributed by atoms with van der Waals surface area (Å²) in [5, 5.41) is 1.32. The molecule has 2 aromatic carbocycles. The molecule has 2 nitrogen and oxygen atoms in total. The first kappa shape index (κ1) is 12.9. The molecule has 1 aromatic heterocycles. The minimum Gasteiger partial charge on any atom is -0.343 e. The first-order valence-corrected chi connectivity index (χ1v) is 7.10. The topological polar surface area (TPSA) is 30.9 Å². The molecule has 0 spiro atoms. The van der Waals surface area contributed by atoms with Crippen molar-refractivity contribution in [2.75, 3.05) is 6.54 Å². The Balaban J connectivity index is 1.96. The summed E-state index contributed by atoms with van der Waals surface area (Å²) in [4.78, 5) is 0. The third-order valence-corrected chi connectivity index (χ3v) is 3.79. The van der Waals surface area contributed by atoms with Crippen LogP contribution in [0.3, 0.4) is 0 Å². The lowest BCUT2D eigenvalue weighted by atomic mass is 10.1. The highest BCUT2D eigenvalue weighted by Crippen LogP contribution is 2.21. The van der Waals surface area contributed by atoms with Crippen LogP contribution in [0.1, 0.15) is 16.7 Å². The van der Waals surface area contributed by atoms with Crippen molar-refractivity contribution in [3.05, 3.63) is 71.4 Å². The summed E-state index contributed by atoms with van der Waals surface area (Å²) in [6.07, 6.45) is 3.11.